The summed E-state index contributed by atoms with van der Waals surface area (Å²) in [5.74, 6) is 0.379. The topological polar surface area (TPSA) is 99.9 Å². The molecule has 1 amide bonds. The minimum absolute atomic E-state index is 0.0177. The maximum absolute atomic E-state index is 12.0. The Bertz CT molecular complexity index is 1060. The third-order valence-corrected chi connectivity index (χ3v) is 4.44. The Kier molecular flexibility index (Phi) is 5.65. The van der Waals surface area contributed by atoms with Gasteiger partial charge in [-0.15, -0.1) is 0 Å². The Labute approximate surface area is 172 Å². The molecule has 0 spiro atoms. The maximum Gasteiger partial charge on any atom is 0.310 e. The Morgan fingerprint density at radius 1 is 1.03 bits per heavy atom. The second-order valence-electron chi connectivity index (χ2n) is 6.81. The number of ether oxygens (including phenoxy) is 3. The van der Waals surface area contributed by atoms with Crippen molar-refractivity contribution in [3.63, 3.8) is 0 Å². The van der Waals surface area contributed by atoms with E-state index in [1.54, 1.807) is 24.3 Å². The lowest BCUT2D eigenvalue weighted by Crippen LogP contribution is -2.21. The standard InChI is InChI=1S/C22H20N2O6/c1-14-2-5-16(6-3-14)17-12-21(30-24-17)23-20(25)13-29-22(26)11-15-4-7-18-19(10-15)28-9-8-27-18/h2-7,10,12H,8-9,11,13H2,1H3,(H,23,25). The molecule has 0 bridgehead atoms. The number of anilines is 1. The Morgan fingerprint density at radius 2 is 1.80 bits per heavy atom. The van der Waals surface area contributed by atoms with Crippen LogP contribution in [0.1, 0.15) is 11.1 Å². The fourth-order valence-electron chi connectivity index (χ4n) is 2.93. The van der Waals surface area contributed by atoms with Crippen LogP contribution in [0.4, 0.5) is 5.88 Å². The highest BCUT2D eigenvalue weighted by molar-refractivity contribution is 5.92. The van der Waals surface area contributed by atoms with Crippen molar-refractivity contribution in [1.82, 2.24) is 5.16 Å². The minimum Gasteiger partial charge on any atom is -0.486 e. The number of nitrogens with zero attached hydrogens (tertiary/aromatic N) is 1. The molecule has 30 heavy (non-hydrogen) atoms. The fourth-order valence-corrected chi connectivity index (χ4v) is 2.93. The molecule has 1 aromatic heterocycles. The minimum atomic E-state index is -0.528. The molecule has 1 N–H and O–H groups in total. The van der Waals surface area contributed by atoms with Crippen molar-refractivity contribution >= 4 is 17.8 Å². The highest BCUT2D eigenvalue weighted by atomic mass is 16.6. The van der Waals surface area contributed by atoms with Gasteiger partial charge in [-0.2, -0.15) is 0 Å². The second kappa shape index (κ2) is 8.69. The maximum atomic E-state index is 12.0. The quantitative estimate of drug-likeness (QED) is 0.626. The van der Waals surface area contributed by atoms with Crippen molar-refractivity contribution in [2.75, 3.05) is 25.1 Å². The normalized spacial score (nSPS) is 12.3. The zero-order chi connectivity index (χ0) is 20.9. The van der Waals surface area contributed by atoms with Crippen LogP contribution in [0.15, 0.2) is 53.1 Å². The molecule has 0 atom stereocenters. The summed E-state index contributed by atoms with van der Waals surface area (Å²) in [5, 5.41) is 6.46. The van der Waals surface area contributed by atoms with E-state index in [2.05, 4.69) is 10.5 Å². The highest BCUT2D eigenvalue weighted by Gasteiger charge is 2.15. The number of carbonyl (C=O) groups excluding carboxylic acids is 2. The summed E-state index contributed by atoms with van der Waals surface area (Å²) in [6.07, 6.45) is 0.0177. The molecule has 8 nitrogen and oxygen atoms in total. The summed E-state index contributed by atoms with van der Waals surface area (Å²) in [7, 11) is 0. The van der Waals surface area contributed by atoms with E-state index in [-0.39, 0.29) is 12.3 Å². The molecule has 2 heterocycles. The molecular formula is C22H20N2O6. The van der Waals surface area contributed by atoms with E-state index >= 15 is 0 Å². The van der Waals surface area contributed by atoms with Gasteiger partial charge < -0.3 is 18.7 Å². The molecule has 0 radical (unpaired) electrons. The van der Waals surface area contributed by atoms with Crippen molar-refractivity contribution in [3.8, 4) is 22.8 Å². The van der Waals surface area contributed by atoms with Gasteiger partial charge in [0.2, 0.25) is 5.88 Å². The third-order valence-electron chi connectivity index (χ3n) is 4.44. The molecular weight excluding hydrogens is 388 g/mol. The van der Waals surface area contributed by atoms with E-state index in [0.29, 0.717) is 36.0 Å². The summed E-state index contributed by atoms with van der Waals surface area (Å²) in [6, 6.07) is 14.6. The first kappa shape index (κ1) is 19.5. The monoisotopic (exact) mass is 408 g/mol. The molecule has 0 unspecified atom stereocenters. The first-order valence-electron chi connectivity index (χ1n) is 9.44. The predicted molar refractivity (Wildman–Crippen MR) is 107 cm³/mol. The molecule has 4 rings (SSSR count). The van der Waals surface area contributed by atoms with Crippen LogP contribution in [-0.2, 0) is 20.7 Å². The molecule has 1 aliphatic rings. The van der Waals surface area contributed by atoms with E-state index in [9.17, 15) is 9.59 Å². The molecule has 8 heteroatoms. The molecule has 3 aromatic rings. The SMILES string of the molecule is Cc1ccc(-c2cc(NC(=O)COC(=O)Cc3ccc4c(c3)OCCO4)on2)cc1. The van der Waals surface area contributed by atoms with Gasteiger partial charge in [0.15, 0.2) is 18.1 Å². The Morgan fingerprint density at radius 3 is 2.60 bits per heavy atom. The lowest BCUT2D eigenvalue weighted by atomic mass is 10.1. The molecule has 154 valence electrons. The number of hydrogen-bond donors (Lipinski definition) is 1. The van der Waals surface area contributed by atoms with E-state index in [0.717, 1.165) is 11.1 Å². The van der Waals surface area contributed by atoms with Crippen LogP contribution in [-0.4, -0.2) is 36.9 Å². The Hall–Kier alpha value is -3.81. The summed E-state index contributed by atoms with van der Waals surface area (Å²) in [5.41, 5.74) is 3.31. The van der Waals surface area contributed by atoms with Gasteiger partial charge in [-0.1, -0.05) is 41.1 Å². The summed E-state index contributed by atoms with van der Waals surface area (Å²) < 4.78 is 21.1. The number of nitrogens with one attached hydrogen (secondary N) is 1. The summed E-state index contributed by atoms with van der Waals surface area (Å²) in [6.45, 7) is 2.53. The van der Waals surface area contributed by atoms with Gasteiger partial charge in [0.1, 0.15) is 18.9 Å². The fraction of sp³-hybridized carbons (Fsp3) is 0.227. The number of benzene rings is 2. The van der Waals surface area contributed by atoms with Crippen LogP contribution in [0.2, 0.25) is 0 Å². The van der Waals surface area contributed by atoms with Crippen molar-refractivity contribution in [2.45, 2.75) is 13.3 Å². The number of carbonyl (C=O) groups is 2. The summed E-state index contributed by atoms with van der Waals surface area (Å²) >= 11 is 0. The average Bonchev–Trinajstić information content (AvgIpc) is 3.21. The predicted octanol–water partition coefficient (Wildman–Crippen LogP) is 3.15. The zero-order valence-electron chi connectivity index (χ0n) is 16.3. The Balaban J connectivity index is 1.26. The van der Waals surface area contributed by atoms with Crippen molar-refractivity contribution in [2.24, 2.45) is 0 Å². The molecule has 0 fully saturated rings. The van der Waals surface area contributed by atoms with E-state index in [1.807, 2.05) is 31.2 Å². The van der Waals surface area contributed by atoms with E-state index in [1.165, 1.54) is 0 Å². The van der Waals surface area contributed by atoms with Crippen LogP contribution in [0, 0.1) is 6.92 Å². The average molecular weight is 408 g/mol. The lowest BCUT2D eigenvalue weighted by molar-refractivity contribution is -0.146. The van der Waals surface area contributed by atoms with Gasteiger partial charge in [0, 0.05) is 11.6 Å². The molecule has 0 aliphatic carbocycles. The first-order valence-corrected chi connectivity index (χ1v) is 9.44. The number of amides is 1. The van der Waals surface area contributed by atoms with E-state index < -0.39 is 18.5 Å². The van der Waals surface area contributed by atoms with Crippen molar-refractivity contribution in [3.05, 3.63) is 59.7 Å². The largest absolute Gasteiger partial charge is 0.486 e. The van der Waals surface area contributed by atoms with Crippen LogP contribution in [0.5, 0.6) is 11.5 Å². The number of aromatic nitrogens is 1. The van der Waals surface area contributed by atoms with Gasteiger partial charge in [-0.3, -0.25) is 14.9 Å². The van der Waals surface area contributed by atoms with Crippen molar-refractivity contribution < 1.29 is 28.3 Å². The second-order valence-corrected chi connectivity index (χ2v) is 6.81. The van der Waals surface area contributed by atoms with Gasteiger partial charge in [0.25, 0.3) is 5.91 Å². The van der Waals surface area contributed by atoms with Gasteiger partial charge >= 0.3 is 5.97 Å². The van der Waals surface area contributed by atoms with Gasteiger partial charge in [-0.25, -0.2) is 0 Å². The van der Waals surface area contributed by atoms with E-state index in [4.69, 9.17) is 18.7 Å². The zero-order valence-corrected chi connectivity index (χ0v) is 16.3. The van der Waals surface area contributed by atoms with Crippen LogP contribution in [0.3, 0.4) is 0 Å². The first-order chi connectivity index (χ1) is 14.6. The number of hydrogen-bond acceptors (Lipinski definition) is 7. The third kappa shape index (κ3) is 4.78. The molecule has 0 saturated carbocycles. The number of fused-ring (bicyclic) bond motifs is 1. The van der Waals surface area contributed by atoms with Crippen LogP contribution < -0.4 is 14.8 Å². The van der Waals surface area contributed by atoms with Crippen LogP contribution in [0.25, 0.3) is 11.3 Å². The lowest BCUT2D eigenvalue weighted by Gasteiger charge is -2.18. The summed E-state index contributed by atoms with van der Waals surface area (Å²) in [4.78, 5) is 24.1. The number of rotatable bonds is 6. The smallest absolute Gasteiger partial charge is 0.310 e. The highest BCUT2D eigenvalue weighted by Crippen LogP contribution is 2.31. The molecule has 0 saturated heterocycles. The van der Waals surface area contributed by atoms with Crippen LogP contribution >= 0.6 is 0 Å². The molecule has 2 aromatic carbocycles. The number of esters is 1. The van der Waals surface area contributed by atoms with Gasteiger partial charge in [0.05, 0.1) is 6.42 Å². The molecule has 1 aliphatic heterocycles. The van der Waals surface area contributed by atoms with Crippen molar-refractivity contribution in [1.29, 1.82) is 0 Å². The number of aryl methyl sites for hydroxylation is 1. The van der Waals surface area contributed by atoms with Gasteiger partial charge in [-0.05, 0) is 24.6 Å².